The molecule has 0 aromatic rings. The first-order valence-electron chi connectivity index (χ1n) is 7.70. The van der Waals surface area contributed by atoms with Gasteiger partial charge in [0.15, 0.2) is 0 Å². The number of aliphatic hydroxyl groups excluding tert-OH is 1. The molecule has 1 N–H and O–H groups in total. The Morgan fingerprint density at radius 2 is 1.89 bits per heavy atom. The first kappa shape index (κ1) is 16.9. The summed E-state index contributed by atoms with van der Waals surface area (Å²) in [6, 6.07) is 0.462. The second-order valence-electron chi connectivity index (χ2n) is 5.90. The molecule has 4 heteroatoms. The fourth-order valence-electron chi connectivity index (χ4n) is 3.19. The number of hydrogen-bond acceptors (Lipinski definition) is 2. The van der Waals surface area contributed by atoms with E-state index in [0.717, 1.165) is 32.2 Å². The zero-order chi connectivity index (χ0) is 14.1. The minimum Gasteiger partial charge on any atom is -0.396 e. The average molecular weight is 291 g/mol. The monoisotopic (exact) mass is 290 g/mol. The number of hydrogen-bond donors (Lipinski definition) is 1. The second kappa shape index (κ2) is 8.93. The lowest BCUT2D eigenvalue weighted by Crippen LogP contribution is -2.57. The van der Waals surface area contributed by atoms with Gasteiger partial charge in [-0.05, 0) is 38.5 Å². The number of rotatable bonds is 8. The van der Waals surface area contributed by atoms with Crippen molar-refractivity contribution in [2.75, 3.05) is 26.1 Å². The predicted octanol–water partition coefficient (Wildman–Crippen LogP) is 3.08. The molecule has 1 rings (SSSR count). The van der Waals surface area contributed by atoms with Crippen molar-refractivity contribution in [2.24, 2.45) is 0 Å². The topological polar surface area (TPSA) is 37.3 Å². The summed E-state index contributed by atoms with van der Waals surface area (Å²) in [5.74, 6) is 0.974. The molecule has 0 aromatic carbocycles. The van der Waals surface area contributed by atoms with Crippen molar-refractivity contribution in [3.05, 3.63) is 0 Å². The Morgan fingerprint density at radius 3 is 2.47 bits per heavy atom. The predicted molar refractivity (Wildman–Crippen MR) is 79.2 cm³/mol. The van der Waals surface area contributed by atoms with Crippen LogP contribution in [0, 0.1) is 0 Å². The zero-order valence-electron chi connectivity index (χ0n) is 12.2. The van der Waals surface area contributed by atoms with Crippen LogP contribution in [0.2, 0.25) is 0 Å². The Bertz CT molecular complexity index is 267. The molecule has 1 aliphatic carbocycles. The number of unbranched alkanes of at least 4 members (excludes halogenated alkanes) is 1. The minimum absolute atomic E-state index is 0.176. The molecule has 0 saturated heterocycles. The number of amides is 1. The number of alkyl halides is 1. The lowest BCUT2D eigenvalue weighted by atomic mass is 9.92. The maximum atomic E-state index is 12.6. The molecule has 1 fully saturated rings. The van der Waals surface area contributed by atoms with Gasteiger partial charge in [0, 0.05) is 18.9 Å². The molecule has 3 nitrogen and oxygen atoms in total. The van der Waals surface area contributed by atoms with Crippen LogP contribution in [0.25, 0.3) is 0 Å². The molecule has 1 unspecified atom stereocenters. The number of nitrogens with zero attached hydrogens (tertiary/aromatic N) is 1. The Hall–Kier alpha value is -0.120. The molecular formula is C15H29ClNO2+. The summed E-state index contributed by atoms with van der Waals surface area (Å²) < 4.78 is 0.531. The largest absolute Gasteiger partial charge is 0.396 e. The van der Waals surface area contributed by atoms with Gasteiger partial charge in [-0.3, -0.25) is 4.48 Å². The molecule has 0 aliphatic heterocycles. The van der Waals surface area contributed by atoms with E-state index in [4.69, 9.17) is 16.7 Å². The average Bonchev–Trinajstić information content (AvgIpc) is 2.45. The highest BCUT2D eigenvalue weighted by atomic mass is 35.5. The molecule has 0 spiro atoms. The molecule has 0 heterocycles. The van der Waals surface area contributed by atoms with Crippen LogP contribution in [0.4, 0.5) is 0 Å². The molecular weight excluding hydrogens is 262 g/mol. The van der Waals surface area contributed by atoms with Gasteiger partial charge in [0.2, 0.25) is 0 Å². The fourth-order valence-corrected chi connectivity index (χ4v) is 3.38. The summed E-state index contributed by atoms with van der Waals surface area (Å²) in [4.78, 5) is 12.6. The van der Waals surface area contributed by atoms with E-state index in [0.29, 0.717) is 35.2 Å². The van der Waals surface area contributed by atoms with Crippen LogP contribution in [0.15, 0.2) is 0 Å². The summed E-state index contributed by atoms with van der Waals surface area (Å²) in [6.45, 7) is 0.955. The molecule has 0 radical (unpaired) electrons. The van der Waals surface area contributed by atoms with E-state index >= 15 is 0 Å². The molecule has 112 valence electrons. The van der Waals surface area contributed by atoms with E-state index < -0.39 is 0 Å². The highest BCUT2D eigenvalue weighted by Crippen LogP contribution is 2.28. The molecule has 19 heavy (non-hydrogen) atoms. The van der Waals surface area contributed by atoms with Crippen LogP contribution in [-0.4, -0.2) is 47.6 Å². The number of carbonyl (C=O) groups excluding carboxylic acids is 1. The van der Waals surface area contributed by atoms with Gasteiger partial charge in [0.05, 0.1) is 26.1 Å². The first-order chi connectivity index (χ1) is 9.15. The van der Waals surface area contributed by atoms with E-state index in [1.54, 1.807) is 0 Å². The van der Waals surface area contributed by atoms with Crippen LogP contribution in [-0.2, 0) is 4.79 Å². The Kier molecular flexibility index (Phi) is 7.96. The molecule has 1 saturated carbocycles. The maximum Gasteiger partial charge on any atom is 0.313 e. The minimum atomic E-state index is 0.176. The molecule has 1 aliphatic rings. The van der Waals surface area contributed by atoms with Gasteiger partial charge in [-0.1, -0.05) is 6.42 Å². The second-order valence-corrected chi connectivity index (χ2v) is 6.28. The van der Waals surface area contributed by atoms with Crippen molar-refractivity contribution < 1.29 is 14.4 Å². The van der Waals surface area contributed by atoms with Crippen LogP contribution in [0.5, 0.6) is 0 Å². The van der Waals surface area contributed by atoms with Gasteiger partial charge in [0.1, 0.15) is 0 Å². The van der Waals surface area contributed by atoms with Crippen molar-refractivity contribution in [1.29, 1.82) is 0 Å². The van der Waals surface area contributed by atoms with Gasteiger partial charge in [0.25, 0.3) is 0 Å². The van der Waals surface area contributed by atoms with Gasteiger partial charge >= 0.3 is 5.91 Å². The third-order valence-electron chi connectivity index (χ3n) is 4.51. The van der Waals surface area contributed by atoms with Crippen LogP contribution in [0.1, 0.15) is 57.8 Å². The lowest BCUT2D eigenvalue weighted by molar-refractivity contribution is -0.862. The summed E-state index contributed by atoms with van der Waals surface area (Å²) in [7, 11) is 2.08. The first-order valence-corrected chi connectivity index (χ1v) is 8.24. The fraction of sp³-hybridized carbons (Fsp3) is 0.933. The quantitative estimate of drug-likeness (QED) is 0.424. The van der Waals surface area contributed by atoms with Gasteiger partial charge < -0.3 is 5.11 Å². The van der Waals surface area contributed by atoms with Crippen molar-refractivity contribution in [1.82, 2.24) is 0 Å². The summed E-state index contributed by atoms with van der Waals surface area (Å²) >= 11 is 5.68. The van der Waals surface area contributed by atoms with Crippen molar-refractivity contribution >= 4 is 17.5 Å². The van der Waals surface area contributed by atoms with Crippen molar-refractivity contribution in [2.45, 2.75) is 63.8 Å². The summed E-state index contributed by atoms with van der Waals surface area (Å²) in [6.07, 6.45) is 9.25. The third kappa shape index (κ3) is 5.05. The van der Waals surface area contributed by atoms with Crippen molar-refractivity contribution in [3.8, 4) is 0 Å². The number of halogens is 1. The molecule has 0 aromatic heterocycles. The highest BCUT2D eigenvalue weighted by molar-refractivity contribution is 6.17. The third-order valence-corrected chi connectivity index (χ3v) is 4.77. The van der Waals surface area contributed by atoms with E-state index in [1.165, 1.54) is 19.3 Å². The van der Waals surface area contributed by atoms with Crippen LogP contribution >= 0.6 is 11.6 Å². The maximum absolute atomic E-state index is 12.6. The van der Waals surface area contributed by atoms with Gasteiger partial charge in [-0.25, -0.2) is 4.79 Å². The molecule has 0 bridgehead atoms. The van der Waals surface area contributed by atoms with Crippen LogP contribution < -0.4 is 0 Å². The van der Waals surface area contributed by atoms with Gasteiger partial charge in [-0.15, -0.1) is 11.6 Å². The van der Waals surface area contributed by atoms with E-state index in [2.05, 4.69) is 7.05 Å². The number of carbonyl (C=O) groups is 1. The van der Waals surface area contributed by atoms with Crippen molar-refractivity contribution in [3.63, 3.8) is 0 Å². The SMILES string of the molecule is C[N+](CCCO)(C(=O)CCCCCl)C1CCCCC1. The highest BCUT2D eigenvalue weighted by Gasteiger charge is 2.39. The standard InChI is InChI=1S/C15H29ClNO2/c1-17(12-7-13-18,14-8-3-2-4-9-14)15(19)10-5-6-11-16/h14,18H,2-13H2,1H3/q+1. The molecule has 1 atom stereocenters. The Labute approximate surface area is 122 Å². The van der Waals surface area contributed by atoms with E-state index in [9.17, 15) is 4.79 Å². The van der Waals surface area contributed by atoms with E-state index in [-0.39, 0.29) is 6.61 Å². The smallest absolute Gasteiger partial charge is 0.313 e. The van der Waals surface area contributed by atoms with E-state index in [1.807, 2.05) is 0 Å². The number of quaternary nitrogens is 1. The summed E-state index contributed by atoms with van der Waals surface area (Å²) in [5.41, 5.74) is 0. The molecule has 1 amide bonds. The summed E-state index contributed by atoms with van der Waals surface area (Å²) in [5, 5.41) is 9.09. The van der Waals surface area contributed by atoms with Crippen LogP contribution in [0.3, 0.4) is 0 Å². The van der Waals surface area contributed by atoms with Gasteiger partial charge in [-0.2, -0.15) is 0 Å². The lowest BCUT2D eigenvalue weighted by Gasteiger charge is -2.41. The zero-order valence-corrected chi connectivity index (χ0v) is 13.0. The normalized spacial score (nSPS) is 20.2. The Morgan fingerprint density at radius 1 is 1.21 bits per heavy atom. The Balaban J connectivity index is 2.63. The number of aliphatic hydroxyl groups is 1.